The predicted octanol–water partition coefficient (Wildman–Crippen LogP) is 4.06. The average molecular weight is 283 g/mol. The summed E-state index contributed by atoms with van der Waals surface area (Å²) in [7, 11) is 0. The second kappa shape index (κ2) is 6.10. The Labute approximate surface area is 116 Å². The van der Waals surface area contributed by atoms with E-state index in [0.717, 1.165) is 5.56 Å². The number of hydrogen-bond acceptors (Lipinski definition) is 2. The third-order valence-corrected chi connectivity index (χ3v) is 3.14. The summed E-state index contributed by atoms with van der Waals surface area (Å²) in [5.41, 5.74) is 1.56. The van der Waals surface area contributed by atoms with E-state index in [9.17, 15) is 5.11 Å². The van der Waals surface area contributed by atoms with Gasteiger partial charge in [-0.2, -0.15) is 0 Å². The molecular weight excluding hydrogens is 271 g/mol. The van der Waals surface area contributed by atoms with Crippen molar-refractivity contribution in [1.29, 1.82) is 0 Å². The summed E-state index contributed by atoms with van der Waals surface area (Å²) in [5.74, 6) is 0.613. The fraction of sp³-hybridized carbons (Fsp3) is 0.143. The Morgan fingerprint density at radius 3 is 2.50 bits per heavy atom. The monoisotopic (exact) mass is 282 g/mol. The first-order chi connectivity index (χ1) is 8.70. The highest BCUT2D eigenvalue weighted by Gasteiger charge is 2.05. The molecule has 0 aromatic heterocycles. The van der Waals surface area contributed by atoms with Crippen molar-refractivity contribution in [2.45, 2.75) is 13.2 Å². The quantitative estimate of drug-likeness (QED) is 0.916. The molecule has 0 bridgehead atoms. The molecule has 0 radical (unpaired) electrons. The number of halogens is 2. The van der Waals surface area contributed by atoms with Gasteiger partial charge in [0.05, 0.1) is 6.61 Å². The van der Waals surface area contributed by atoms with Crippen LogP contribution in [0.5, 0.6) is 5.75 Å². The summed E-state index contributed by atoms with van der Waals surface area (Å²) in [6.45, 7) is 0.243. The van der Waals surface area contributed by atoms with Crippen molar-refractivity contribution in [3.63, 3.8) is 0 Å². The van der Waals surface area contributed by atoms with Gasteiger partial charge in [-0.25, -0.2) is 0 Å². The van der Waals surface area contributed by atoms with Crippen LogP contribution in [0, 0.1) is 0 Å². The van der Waals surface area contributed by atoms with E-state index in [2.05, 4.69) is 0 Å². The lowest BCUT2D eigenvalue weighted by atomic mass is 10.2. The molecule has 0 aliphatic heterocycles. The van der Waals surface area contributed by atoms with Gasteiger partial charge in [-0.15, -0.1) is 0 Å². The van der Waals surface area contributed by atoms with E-state index in [0.29, 0.717) is 28.0 Å². The molecular formula is C14H12Cl2O2. The molecule has 18 heavy (non-hydrogen) atoms. The minimum atomic E-state index is -0.113. The molecule has 0 fully saturated rings. The summed E-state index contributed by atoms with van der Waals surface area (Å²) in [6, 6.07) is 12.6. The van der Waals surface area contributed by atoms with E-state index in [1.54, 1.807) is 18.2 Å². The predicted molar refractivity (Wildman–Crippen MR) is 73.2 cm³/mol. The van der Waals surface area contributed by atoms with Crippen LogP contribution < -0.4 is 4.74 Å². The van der Waals surface area contributed by atoms with Crippen LogP contribution in [-0.4, -0.2) is 5.11 Å². The molecule has 0 heterocycles. The zero-order valence-corrected chi connectivity index (χ0v) is 11.1. The number of aliphatic hydroxyl groups excluding tert-OH is 1. The first-order valence-electron chi connectivity index (χ1n) is 5.46. The molecule has 94 valence electrons. The SMILES string of the molecule is OCc1cc(Cl)ccc1OCc1ccccc1Cl. The van der Waals surface area contributed by atoms with Crippen LogP contribution in [0.25, 0.3) is 0 Å². The molecule has 0 saturated heterocycles. The van der Waals surface area contributed by atoms with Crippen LogP contribution in [0.1, 0.15) is 11.1 Å². The van der Waals surface area contributed by atoms with Gasteiger partial charge in [-0.3, -0.25) is 0 Å². The van der Waals surface area contributed by atoms with E-state index in [-0.39, 0.29) is 6.61 Å². The molecule has 2 nitrogen and oxygen atoms in total. The lowest BCUT2D eigenvalue weighted by Gasteiger charge is -2.11. The third-order valence-electron chi connectivity index (χ3n) is 2.53. The van der Waals surface area contributed by atoms with Gasteiger partial charge in [0.1, 0.15) is 12.4 Å². The van der Waals surface area contributed by atoms with E-state index in [1.807, 2.05) is 24.3 Å². The van der Waals surface area contributed by atoms with Gasteiger partial charge in [0.15, 0.2) is 0 Å². The van der Waals surface area contributed by atoms with Crippen molar-refractivity contribution in [3.8, 4) is 5.75 Å². The summed E-state index contributed by atoms with van der Waals surface area (Å²) < 4.78 is 5.65. The van der Waals surface area contributed by atoms with Gasteiger partial charge in [-0.05, 0) is 24.3 Å². The summed E-state index contributed by atoms with van der Waals surface area (Å²) in [6.07, 6.45) is 0. The van der Waals surface area contributed by atoms with E-state index < -0.39 is 0 Å². The van der Waals surface area contributed by atoms with Gasteiger partial charge in [0, 0.05) is 21.2 Å². The van der Waals surface area contributed by atoms with Crippen LogP contribution in [-0.2, 0) is 13.2 Å². The van der Waals surface area contributed by atoms with Crippen LogP contribution >= 0.6 is 23.2 Å². The highest BCUT2D eigenvalue weighted by Crippen LogP contribution is 2.25. The molecule has 2 aromatic rings. The van der Waals surface area contributed by atoms with E-state index >= 15 is 0 Å². The highest BCUT2D eigenvalue weighted by molar-refractivity contribution is 6.31. The van der Waals surface area contributed by atoms with E-state index in [1.165, 1.54) is 0 Å². The Bertz CT molecular complexity index is 541. The minimum Gasteiger partial charge on any atom is -0.488 e. The average Bonchev–Trinajstić information content (AvgIpc) is 2.39. The molecule has 0 amide bonds. The van der Waals surface area contributed by atoms with Crippen molar-refractivity contribution >= 4 is 23.2 Å². The fourth-order valence-corrected chi connectivity index (χ4v) is 1.97. The van der Waals surface area contributed by atoms with Gasteiger partial charge < -0.3 is 9.84 Å². The lowest BCUT2D eigenvalue weighted by Crippen LogP contribution is -1.99. The highest BCUT2D eigenvalue weighted by atomic mass is 35.5. The molecule has 1 N–H and O–H groups in total. The van der Waals surface area contributed by atoms with Gasteiger partial charge >= 0.3 is 0 Å². The summed E-state index contributed by atoms with van der Waals surface area (Å²) in [4.78, 5) is 0. The molecule has 2 aromatic carbocycles. The Kier molecular flexibility index (Phi) is 4.48. The number of ether oxygens (including phenoxy) is 1. The van der Waals surface area contributed by atoms with Gasteiger partial charge in [-0.1, -0.05) is 41.4 Å². The van der Waals surface area contributed by atoms with Crippen LogP contribution in [0.4, 0.5) is 0 Å². The molecule has 0 aliphatic rings. The maximum atomic E-state index is 9.23. The first-order valence-corrected chi connectivity index (χ1v) is 6.22. The zero-order chi connectivity index (χ0) is 13.0. The molecule has 0 aliphatic carbocycles. The Morgan fingerprint density at radius 2 is 1.78 bits per heavy atom. The zero-order valence-electron chi connectivity index (χ0n) is 9.57. The van der Waals surface area contributed by atoms with E-state index in [4.69, 9.17) is 27.9 Å². The summed E-state index contributed by atoms with van der Waals surface area (Å²) in [5, 5.41) is 10.5. The van der Waals surface area contributed by atoms with Crippen LogP contribution in [0.3, 0.4) is 0 Å². The Hall–Kier alpha value is -1.22. The van der Waals surface area contributed by atoms with Crippen molar-refractivity contribution in [1.82, 2.24) is 0 Å². The van der Waals surface area contributed by atoms with Crippen molar-refractivity contribution in [3.05, 3.63) is 63.6 Å². The normalized spacial score (nSPS) is 10.4. The first kappa shape index (κ1) is 13.2. The Morgan fingerprint density at radius 1 is 1.00 bits per heavy atom. The number of aliphatic hydroxyl groups is 1. The molecule has 0 saturated carbocycles. The summed E-state index contributed by atoms with van der Waals surface area (Å²) >= 11 is 11.9. The largest absolute Gasteiger partial charge is 0.488 e. The second-order valence-electron chi connectivity index (χ2n) is 3.79. The number of benzene rings is 2. The lowest BCUT2D eigenvalue weighted by molar-refractivity contribution is 0.259. The minimum absolute atomic E-state index is 0.113. The topological polar surface area (TPSA) is 29.5 Å². The van der Waals surface area contributed by atoms with Crippen LogP contribution in [0.2, 0.25) is 10.0 Å². The van der Waals surface area contributed by atoms with Crippen molar-refractivity contribution in [2.24, 2.45) is 0 Å². The second-order valence-corrected chi connectivity index (χ2v) is 4.63. The Balaban J connectivity index is 2.13. The molecule has 4 heteroatoms. The van der Waals surface area contributed by atoms with Gasteiger partial charge in [0.25, 0.3) is 0 Å². The van der Waals surface area contributed by atoms with Gasteiger partial charge in [0.2, 0.25) is 0 Å². The van der Waals surface area contributed by atoms with Crippen molar-refractivity contribution in [2.75, 3.05) is 0 Å². The van der Waals surface area contributed by atoms with Crippen LogP contribution in [0.15, 0.2) is 42.5 Å². The molecule has 0 unspecified atom stereocenters. The molecule has 0 spiro atoms. The maximum absolute atomic E-state index is 9.23. The third kappa shape index (κ3) is 3.16. The fourth-order valence-electron chi connectivity index (χ4n) is 1.58. The standard InChI is InChI=1S/C14H12Cl2O2/c15-12-5-6-14(11(7-12)8-17)18-9-10-3-1-2-4-13(10)16/h1-7,17H,8-9H2. The molecule has 0 atom stereocenters. The smallest absolute Gasteiger partial charge is 0.125 e. The maximum Gasteiger partial charge on any atom is 0.125 e. The number of hydrogen-bond donors (Lipinski definition) is 1. The number of rotatable bonds is 4. The molecule has 2 rings (SSSR count). The van der Waals surface area contributed by atoms with Crippen molar-refractivity contribution < 1.29 is 9.84 Å².